The first-order valence-corrected chi connectivity index (χ1v) is 9.31. The van der Waals surface area contributed by atoms with Gasteiger partial charge in [0.05, 0.1) is 18.8 Å². The van der Waals surface area contributed by atoms with Crippen LogP contribution in [0.25, 0.3) is 11.4 Å². The number of hydrogen-bond donors (Lipinski definition) is 0. The molecule has 3 aromatic rings. The maximum atomic E-state index is 6.36. The molecule has 140 valence electrons. The number of benzene rings is 1. The quantitative estimate of drug-likeness (QED) is 0.639. The second-order valence-electron chi connectivity index (χ2n) is 7.68. The third-order valence-corrected chi connectivity index (χ3v) is 5.01. The molecule has 1 aliphatic rings. The van der Waals surface area contributed by atoms with Crippen molar-refractivity contribution in [2.75, 3.05) is 13.7 Å². The zero-order valence-electron chi connectivity index (χ0n) is 15.7. The normalized spacial score (nSPS) is 15.0. The fraction of sp³-hybridized carbons (Fsp3) is 0.333. The van der Waals surface area contributed by atoms with Crippen molar-refractivity contribution in [2.24, 2.45) is 0 Å². The van der Waals surface area contributed by atoms with Gasteiger partial charge < -0.3 is 9.26 Å². The highest BCUT2D eigenvalue weighted by molar-refractivity contribution is 6.30. The van der Waals surface area contributed by atoms with Crippen LogP contribution in [-0.4, -0.2) is 28.7 Å². The van der Waals surface area contributed by atoms with E-state index in [1.807, 2.05) is 43.4 Å². The molecule has 0 saturated carbocycles. The van der Waals surface area contributed by atoms with Crippen LogP contribution >= 0.6 is 11.6 Å². The molecule has 0 atom stereocenters. The number of nitrogens with zero attached hydrogens (tertiary/aromatic N) is 3. The molecule has 4 rings (SSSR count). The highest BCUT2D eigenvalue weighted by Gasteiger charge is 2.34. The third-order valence-electron chi connectivity index (χ3n) is 4.79. The number of halogens is 1. The summed E-state index contributed by atoms with van der Waals surface area (Å²) in [5.41, 5.74) is 3.80. The smallest absolute Gasteiger partial charge is 0.151 e. The van der Waals surface area contributed by atoms with Gasteiger partial charge in [-0.25, -0.2) is 0 Å². The topological polar surface area (TPSA) is 51.4 Å². The SMILES string of the molecule is CN(Cc1cc(-c2ccccn2)no1)Cc1cc(Cl)cc2c1OCC2(C)C. The number of fused-ring (bicyclic) bond motifs is 1. The molecule has 0 N–H and O–H groups in total. The first kappa shape index (κ1) is 18.0. The van der Waals surface area contributed by atoms with Gasteiger partial charge in [0.25, 0.3) is 0 Å². The van der Waals surface area contributed by atoms with Crippen LogP contribution in [0.5, 0.6) is 5.75 Å². The molecule has 27 heavy (non-hydrogen) atoms. The molecule has 0 aliphatic carbocycles. The van der Waals surface area contributed by atoms with E-state index >= 15 is 0 Å². The summed E-state index contributed by atoms with van der Waals surface area (Å²) in [5.74, 6) is 1.75. The maximum absolute atomic E-state index is 6.36. The predicted molar refractivity (Wildman–Crippen MR) is 105 cm³/mol. The zero-order chi connectivity index (χ0) is 19.0. The fourth-order valence-corrected chi connectivity index (χ4v) is 3.65. The Kier molecular flexibility index (Phi) is 4.66. The molecule has 0 radical (unpaired) electrons. The summed E-state index contributed by atoms with van der Waals surface area (Å²) in [4.78, 5) is 6.46. The van der Waals surface area contributed by atoms with Gasteiger partial charge in [-0.2, -0.15) is 0 Å². The Balaban J connectivity index is 1.50. The average Bonchev–Trinajstić information content (AvgIpc) is 3.20. The number of ether oxygens (including phenoxy) is 1. The lowest BCUT2D eigenvalue weighted by Crippen LogP contribution is -2.18. The molecule has 0 saturated heterocycles. The van der Waals surface area contributed by atoms with Crippen molar-refractivity contribution in [1.29, 1.82) is 0 Å². The summed E-state index contributed by atoms with van der Waals surface area (Å²) < 4.78 is 11.5. The molecule has 6 heteroatoms. The Morgan fingerprint density at radius 3 is 2.78 bits per heavy atom. The van der Waals surface area contributed by atoms with Crippen molar-refractivity contribution in [1.82, 2.24) is 15.0 Å². The van der Waals surface area contributed by atoms with E-state index in [1.165, 1.54) is 5.56 Å². The summed E-state index contributed by atoms with van der Waals surface area (Å²) >= 11 is 6.36. The summed E-state index contributed by atoms with van der Waals surface area (Å²) in [5, 5.41) is 4.87. The second kappa shape index (κ2) is 6.98. The predicted octanol–water partition coefficient (Wildman–Crippen LogP) is 4.69. The minimum atomic E-state index is -0.0178. The molecule has 5 nitrogen and oxygen atoms in total. The summed E-state index contributed by atoms with van der Waals surface area (Å²) in [6.45, 7) is 6.37. The van der Waals surface area contributed by atoms with E-state index in [0.29, 0.717) is 19.7 Å². The van der Waals surface area contributed by atoms with Crippen molar-refractivity contribution in [2.45, 2.75) is 32.4 Å². The molecule has 0 spiro atoms. The van der Waals surface area contributed by atoms with Crippen LogP contribution in [-0.2, 0) is 18.5 Å². The Morgan fingerprint density at radius 1 is 1.15 bits per heavy atom. The number of rotatable bonds is 5. The first-order valence-electron chi connectivity index (χ1n) is 8.93. The van der Waals surface area contributed by atoms with Gasteiger partial charge in [-0.05, 0) is 31.3 Å². The van der Waals surface area contributed by atoms with Gasteiger partial charge in [-0.1, -0.05) is 36.7 Å². The van der Waals surface area contributed by atoms with E-state index in [1.54, 1.807) is 6.20 Å². The first-order chi connectivity index (χ1) is 12.9. The van der Waals surface area contributed by atoms with Gasteiger partial charge >= 0.3 is 0 Å². The molecule has 1 aliphatic heterocycles. The van der Waals surface area contributed by atoms with E-state index in [9.17, 15) is 0 Å². The molecule has 0 amide bonds. The summed E-state index contributed by atoms with van der Waals surface area (Å²) in [7, 11) is 2.04. The molecule has 0 unspecified atom stereocenters. The minimum absolute atomic E-state index is 0.0178. The van der Waals surface area contributed by atoms with Gasteiger partial charge in [0.15, 0.2) is 5.76 Å². The highest BCUT2D eigenvalue weighted by atomic mass is 35.5. The van der Waals surface area contributed by atoms with Crippen molar-refractivity contribution in [3.63, 3.8) is 0 Å². The van der Waals surface area contributed by atoms with Crippen LogP contribution in [0.2, 0.25) is 5.02 Å². The van der Waals surface area contributed by atoms with Crippen LogP contribution in [0.1, 0.15) is 30.7 Å². The molecular formula is C21H22ClN3O2. The van der Waals surface area contributed by atoms with E-state index in [2.05, 4.69) is 28.9 Å². The van der Waals surface area contributed by atoms with Crippen LogP contribution in [0, 0.1) is 0 Å². The Bertz CT molecular complexity index is 953. The summed E-state index contributed by atoms with van der Waals surface area (Å²) in [6.07, 6.45) is 1.75. The molecule has 0 bridgehead atoms. The largest absolute Gasteiger partial charge is 0.492 e. The van der Waals surface area contributed by atoms with Crippen LogP contribution in [0.15, 0.2) is 47.1 Å². The van der Waals surface area contributed by atoms with Gasteiger partial charge in [0.1, 0.15) is 11.4 Å². The van der Waals surface area contributed by atoms with Crippen molar-refractivity contribution in [3.8, 4) is 17.1 Å². The second-order valence-corrected chi connectivity index (χ2v) is 8.12. The van der Waals surface area contributed by atoms with E-state index in [-0.39, 0.29) is 5.41 Å². The Labute approximate surface area is 163 Å². The maximum Gasteiger partial charge on any atom is 0.151 e. The molecular weight excluding hydrogens is 362 g/mol. The molecule has 2 aromatic heterocycles. The van der Waals surface area contributed by atoms with E-state index in [4.69, 9.17) is 20.9 Å². The van der Waals surface area contributed by atoms with Gasteiger partial charge in [-0.15, -0.1) is 0 Å². The Morgan fingerprint density at radius 2 is 2.00 bits per heavy atom. The third kappa shape index (κ3) is 3.70. The fourth-order valence-electron chi connectivity index (χ4n) is 3.41. The van der Waals surface area contributed by atoms with Crippen LogP contribution in [0.3, 0.4) is 0 Å². The zero-order valence-corrected chi connectivity index (χ0v) is 16.5. The van der Waals surface area contributed by atoms with Gasteiger partial charge in [0.2, 0.25) is 0 Å². The molecule has 1 aromatic carbocycles. The van der Waals surface area contributed by atoms with Crippen LogP contribution in [0.4, 0.5) is 0 Å². The van der Waals surface area contributed by atoms with Crippen molar-refractivity contribution < 1.29 is 9.26 Å². The standard InChI is InChI=1S/C21H22ClN3O2/c1-21(2)13-26-20-14(8-15(22)9-17(20)21)11-25(3)12-16-10-19(24-27-16)18-6-4-5-7-23-18/h4-10H,11-13H2,1-3H3. The number of hydrogen-bond acceptors (Lipinski definition) is 5. The Hall–Kier alpha value is -2.37. The van der Waals surface area contributed by atoms with E-state index < -0.39 is 0 Å². The van der Waals surface area contributed by atoms with Crippen molar-refractivity contribution >= 4 is 11.6 Å². The van der Waals surface area contributed by atoms with Gasteiger partial charge in [0, 0.05) is 40.4 Å². The lowest BCUT2D eigenvalue weighted by molar-refractivity contribution is 0.257. The molecule has 0 fully saturated rings. The molecule has 3 heterocycles. The number of pyridine rings is 1. The van der Waals surface area contributed by atoms with Crippen molar-refractivity contribution in [3.05, 3.63) is 64.5 Å². The highest BCUT2D eigenvalue weighted by Crippen LogP contribution is 2.42. The number of aromatic nitrogens is 2. The van der Waals surface area contributed by atoms with E-state index in [0.717, 1.165) is 33.5 Å². The lowest BCUT2D eigenvalue weighted by Gasteiger charge is -2.18. The van der Waals surface area contributed by atoms with Crippen LogP contribution < -0.4 is 4.74 Å². The lowest BCUT2D eigenvalue weighted by atomic mass is 9.86. The average molecular weight is 384 g/mol. The summed E-state index contributed by atoms with van der Waals surface area (Å²) in [6, 6.07) is 11.7. The monoisotopic (exact) mass is 383 g/mol. The van der Waals surface area contributed by atoms with Gasteiger partial charge in [-0.3, -0.25) is 9.88 Å². The minimum Gasteiger partial charge on any atom is -0.492 e.